The quantitative estimate of drug-likeness (QED) is 0.784. The lowest BCUT2D eigenvalue weighted by Crippen LogP contribution is -2.04. The summed E-state index contributed by atoms with van der Waals surface area (Å²) < 4.78 is 53.9. The third-order valence-electron chi connectivity index (χ3n) is 2.72. The van der Waals surface area contributed by atoms with E-state index < -0.39 is 31.3 Å². The molecule has 1 aliphatic rings. The third-order valence-corrected chi connectivity index (χ3v) is 4.06. The summed E-state index contributed by atoms with van der Waals surface area (Å²) in [6.07, 6.45) is 2.99. The van der Waals surface area contributed by atoms with Gasteiger partial charge in [-0.25, -0.2) is 17.2 Å². The number of hydrogen-bond donors (Lipinski definition) is 0. The zero-order chi connectivity index (χ0) is 13.3. The fourth-order valence-corrected chi connectivity index (χ4v) is 2.31. The molecule has 1 aromatic rings. The molecule has 0 radical (unpaired) electrons. The van der Waals surface area contributed by atoms with Crippen molar-refractivity contribution in [2.45, 2.75) is 24.2 Å². The number of hydrogen-bond acceptors (Lipinski definition) is 3. The highest BCUT2D eigenvalue weighted by Gasteiger charge is 2.22. The van der Waals surface area contributed by atoms with E-state index in [1.165, 1.54) is 0 Å². The van der Waals surface area contributed by atoms with E-state index in [0.29, 0.717) is 18.1 Å². The van der Waals surface area contributed by atoms with Gasteiger partial charge in [0, 0.05) is 10.7 Å². The van der Waals surface area contributed by atoms with Crippen LogP contribution in [0.3, 0.4) is 0 Å². The fraction of sp³-hybridized carbons (Fsp3) is 0.455. The first kappa shape index (κ1) is 13.5. The number of ether oxygens (including phenoxy) is 1. The zero-order valence-electron chi connectivity index (χ0n) is 9.33. The van der Waals surface area contributed by atoms with Crippen molar-refractivity contribution >= 4 is 19.7 Å². The van der Waals surface area contributed by atoms with Crippen molar-refractivity contribution < 1.29 is 21.9 Å². The molecule has 0 heterocycles. The SMILES string of the molecule is O=S(=O)(Cl)c1cc(F)c(OCCC2CC2)c(F)c1. The van der Waals surface area contributed by atoms with Crippen molar-refractivity contribution in [3.63, 3.8) is 0 Å². The van der Waals surface area contributed by atoms with Crippen LogP contribution in [0.25, 0.3) is 0 Å². The first-order valence-electron chi connectivity index (χ1n) is 5.44. The molecule has 0 unspecified atom stereocenters. The molecule has 3 nitrogen and oxygen atoms in total. The standard InChI is InChI=1S/C11H11ClF2O3S/c12-18(15,16)8-5-9(13)11(10(14)6-8)17-4-3-7-1-2-7/h5-7H,1-4H2. The number of halogens is 3. The van der Waals surface area contributed by atoms with Crippen LogP contribution in [0.5, 0.6) is 5.75 Å². The molecule has 0 spiro atoms. The summed E-state index contributed by atoms with van der Waals surface area (Å²) in [5.74, 6) is -2.10. The van der Waals surface area contributed by atoms with Crippen LogP contribution in [0.15, 0.2) is 17.0 Å². The van der Waals surface area contributed by atoms with Crippen LogP contribution >= 0.6 is 10.7 Å². The van der Waals surface area contributed by atoms with Gasteiger partial charge in [-0.05, 0) is 24.5 Å². The second-order valence-electron chi connectivity index (χ2n) is 4.23. The predicted molar refractivity (Wildman–Crippen MR) is 62.2 cm³/mol. The smallest absolute Gasteiger partial charge is 0.261 e. The largest absolute Gasteiger partial charge is 0.488 e. The van der Waals surface area contributed by atoms with Gasteiger partial charge < -0.3 is 4.74 Å². The van der Waals surface area contributed by atoms with Gasteiger partial charge in [0.05, 0.1) is 11.5 Å². The van der Waals surface area contributed by atoms with Crippen molar-refractivity contribution in [2.75, 3.05) is 6.61 Å². The van der Waals surface area contributed by atoms with Crippen LogP contribution < -0.4 is 4.74 Å². The lowest BCUT2D eigenvalue weighted by molar-refractivity contribution is 0.272. The van der Waals surface area contributed by atoms with Gasteiger partial charge in [-0.15, -0.1) is 0 Å². The van der Waals surface area contributed by atoms with Gasteiger partial charge >= 0.3 is 0 Å². The topological polar surface area (TPSA) is 43.4 Å². The maximum Gasteiger partial charge on any atom is 0.261 e. The molecule has 18 heavy (non-hydrogen) atoms. The monoisotopic (exact) mass is 296 g/mol. The molecule has 2 rings (SSSR count). The van der Waals surface area contributed by atoms with Crippen molar-refractivity contribution in [1.29, 1.82) is 0 Å². The van der Waals surface area contributed by atoms with E-state index in [2.05, 4.69) is 0 Å². The molecule has 1 saturated carbocycles. The zero-order valence-corrected chi connectivity index (χ0v) is 10.9. The van der Waals surface area contributed by atoms with E-state index in [0.717, 1.165) is 19.3 Å². The van der Waals surface area contributed by atoms with Crippen molar-refractivity contribution in [1.82, 2.24) is 0 Å². The molecule has 0 aromatic heterocycles. The second kappa shape index (κ2) is 5.01. The van der Waals surface area contributed by atoms with Gasteiger partial charge in [0.15, 0.2) is 17.4 Å². The Labute approximate surface area is 108 Å². The molecule has 7 heteroatoms. The Hall–Kier alpha value is -0.880. The normalized spacial score (nSPS) is 15.7. The molecular weight excluding hydrogens is 286 g/mol. The van der Waals surface area contributed by atoms with Crippen LogP contribution in [-0.2, 0) is 9.05 Å². The minimum absolute atomic E-state index is 0.214. The maximum atomic E-state index is 13.5. The molecule has 0 atom stereocenters. The van der Waals surface area contributed by atoms with E-state index in [4.69, 9.17) is 15.4 Å². The van der Waals surface area contributed by atoms with E-state index in [9.17, 15) is 17.2 Å². The van der Waals surface area contributed by atoms with Crippen molar-refractivity contribution in [2.24, 2.45) is 5.92 Å². The molecule has 0 aliphatic heterocycles. The molecule has 0 amide bonds. The molecule has 0 N–H and O–H groups in total. The maximum absolute atomic E-state index is 13.5. The highest BCUT2D eigenvalue weighted by Crippen LogP contribution is 2.33. The Morgan fingerprint density at radius 3 is 2.28 bits per heavy atom. The first-order chi connectivity index (χ1) is 8.38. The van der Waals surface area contributed by atoms with Crippen LogP contribution in [0.2, 0.25) is 0 Å². The summed E-state index contributed by atoms with van der Waals surface area (Å²) in [7, 11) is 0.855. The lowest BCUT2D eigenvalue weighted by Gasteiger charge is -2.08. The van der Waals surface area contributed by atoms with Gasteiger partial charge in [0.2, 0.25) is 0 Å². The highest BCUT2D eigenvalue weighted by molar-refractivity contribution is 8.13. The summed E-state index contributed by atoms with van der Waals surface area (Å²) in [6.45, 7) is 0.214. The van der Waals surface area contributed by atoms with Crippen LogP contribution in [-0.4, -0.2) is 15.0 Å². The lowest BCUT2D eigenvalue weighted by atomic mass is 10.3. The van der Waals surface area contributed by atoms with Gasteiger partial charge in [-0.1, -0.05) is 12.8 Å². The summed E-state index contributed by atoms with van der Waals surface area (Å²) in [6, 6.07) is 1.30. The molecule has 0 bridgehead atoms. The Kier molecular flexibility index (Phi) is 3.77. The first-order valence-corrected chi connectivity index (χ1v) is 7.75. The summed E-state index contributed by atoms with van der Waals surface area (Å²) >= 11 is 0. The Morgan fingerprint density at radius 1 is 1.28 bits per heavy atom. The van der Waals surface area contributed by atoms with Crippen LogP contribution in [0.1, 0.15) is 19.3 Å². The average Bonchev–Trinajstić information content (AvgIpc) is 3.04. The summed E-state index contributed by atoms with van der Waals surface area (Å²) in [4.78, 5) is -0.617. The van der Waals surface area contributed by atoms with Crippen molar-refractivity contribution in [3.8, 4) is 5.75 Å². The molecule has 1 fully saturated rings. The molecule has 1 aromatic carbocycles. The van der Waals surface area contributed by atoms with Crippen LogP contribution in [0.4, 0.5) is 8.78 Å². The Balaban J connectivity index is 2.15. The Morgan fingerprint density at radius 2 is 1.83 bits per heavy atom. The fourth-order valence-electron chi connectivity index (χ4n) is 1.55. The summed E-state index contributed by atoms with van der Waals surface area (Å²) in [5, 5.41) is 0. The number of benzene rings is 1. The number of rotatable bonds is 5. The third kappa shape index (κ3) is 3.32. The molecule has 1 aliphatic carbocycles. The van der Waals surface area contributed by atoms with E-state index >= 15 is 0 Å². The molecule has 0 saturated heterocycles. The Bertz CT molecular complexity index is 532. The predicted octanol–water partition coefficient (Wildman–Crippen LogP) is 3.07. The van der Waals surface area contributed by atoms with E-state index in [1.807, 2.05) is 0 Å². The highest BCUT2D eigenvalue weighted by atomic mass is 35.7. The summed E-state index contributed by atoms with van der Waals surface area (Å²) in [5.41, 5.74) is 0. The van der Waals surface area contributed by atoms with Gasteiger partial charge in [-0.3, -0.25) is 0 Å². The minimum Gasteiger partial charge on any atom is -0.488 e. The molecule has 100 valence electrons. The van der Waals surface area contributed by atoms with E-state index in [1.54, 1.807) is 0 Å². The van der Waals surface area contributed by atoms with Gasteiger partial charge in [0.25, 0.3) is 9.05 Å². The average molecular weight is 297 g/mol. The van der Waals surface area contributed by atoms with Crippen LogP contribution in [0, 0.1) is 17.6 Å². The second-order valence-corrected chi connectivity index (χ2v) is 6.80. The van der Waals surface area contributed by atoms with Crippen molar-refractivity contribution in [3.05, 3.63) is 23.8 Å². The van der Waals surface area contributed by atoms with E-state index in [-0.39, 0.29) is 6.61 Å². The molecular formula is C11H11ClF2O3S. The minimum atomic E-state index is -4.15. The van der Waals surface area contributed by atoms with Gasteiger partial charge in [-0.2, -0.15) is 0 Å². The van der Waals surface area contributed by atoms with Gasteiger partial charge in [0.1, 0.15) is 0 Å².